The third kappa shape index (κ3) is 8.48. The summed E-state index contributed by atoms with van der Waals surface area (Å²) in [5.41, 5.74) is 0. The summed E-state index contributed by atoms with van der Waals surface area (Å²) in [6, 6.07) is 0. The first-order valence-corrected chi connectivity index (χ1v) is 6.13. The summed E-state index contributed by atoms with van der Waals surface area (Å²) in [4.78, 5) is 10.7. The molecule has 0 aliphatic rings. The smallest absolute Gasteiger partial charge is 0.330 e. The Bertz CT molecular complexity index is 212. The zero-order valence-corrected chi connectivity index (χ0v) is 11.0. The summed E-state index contributed by atoms with van der Waals surface area (Å²) in [6.07, 6.45) is 5.76. The molecule has 0 fully saturated rings. The molecule has 0 spiro atoms. The van der Waals surface area contributed by atoms with Gasteiger partial charge in [0.05, 0.1) is 33.8 Å². The molecule has 16 heavy (non-hydrogen) atoms. The topological polar surface area (TPSA) is 26.3 Å². The Morgan fingerprint density at radius 3 is 2.44 bits per heavy atom. The lowest BCUT2D eigenvalue weighted by molar-refractivity contribution is -0.888. The van der Waals surface area contributed by atoms with E-state index in [9.17, 15) is 4.79 Å². The highest BCUT2D eigenvalue weighted by Gasteiger charge is 2.09. The highest BCUT2D eigenvalue weighted by molar-refractivity contribution is 5.81. The van der Waals surface area contributed by atoms with Crippen LogP contribution in [-0.2, 0) is 9.53 Å². The molecule has 0 N–H and O–H groups in total. The van der Waals surface area contributed by atoms with Crippen molar-refractivity contribution in [2.24, 2.45) is 0 Å². The molecule has 0 radical (unpaired) electrons. The molecule has 0 aromatic rings. The lowest BCUT2D eigenvalue weighted by atomic mass is 10.2. The zero-order valence-electron chi connectivity index (χ0n) is 11.0. The van der Waals surface area contributed by atoms with Gasteiger partial charge in [0.25, 0.3) is 0 Å². The third-order valence-corrected chi connectivity index (χ3v) is 2.92. The van der Waals surface area contributed by atoms with Crippen molar-refractivity contribution in [3.05, 3.63) is 12.7 Å². The molecule has 0 heterocycles. The zero-order chi connectivity index (χ0) is 12.4. The van der Waals surface area contributed by atoms with E-state index in [0.717, 1.165) is 17.3 Å². The second-order valence-electron chi connectivity index (χ2n) is 4.76. The second-order valence-corrected chi connectivity index (χ2v) is 4.76. The van der Waals surface area contributed by atoms with Crippen LogP contribution in [0.15, 0.2) is 12.7 Å². The number of esters is 1. The van der Waals surface area contributed by atoms with Crippen LogP contribution in [0.5, 0.6) is 0 Å². The summed E-state index contributed by atoms with van der Waals surface area (Å²) in [7, 11) is 4.51. The molecule has 0 rings (SSSR count). The predicted molar refractivity (Wildman–Crippen MR) is 67.1 cm³/mol. The number of unbranched alkanes of at least 4 members (excludes halogenated alkanes) is 3. The van der Waals surface area contributed by atoms with Gasteiger partial charge >= 0.3 is 5.97 Å². The Labute approximate surface area is 99.7 Å². The van der Waals surface area contributed by atoms with Gasteiger partial charge in [0, 0.05) is 6.08 Å². The standard InChI is InChI=1S/C13H26NO2/c1-5-13(15)16-12-10-8-7-9-11-14(3,4)6-2/h5H,1,6-12H2,2-4H3/q+1. The van der Waals surface area contributed by atoms with Crippen molar-refractivity contribution in [3.63, 3.8) is 0 Å². The quantitative estimate of drug-likeness (QED) is 0.262. The molecule has 0 amide bonds. The van der Waals surface area contributed by atoms with Crippen LogP contribution in [0.25, 0.3) is 0 Å². The highest BCUT2D eigenvalue weighted by Crippen LogP contribution is 2.05. The molecule has 94 valence electrons. The van der Waals surface area contributed by atoms with E-state index >= 15 is 0 Å². The third-order valence-electron chi connectivity index (χ3n) is 2.92. The fourth-order valence-corrected chi connectivity index (χ4v) is 1.39. The molecule has 0 aliphatic carbocycles. The molecule has 0 aromatic carbocycles. The Hall–Kier alpha value is -0.830. The number of quaternary nitrogens is 1. The van der Waals surface area contributed by atoms with E-state index in [0.29, 0.717) is 6.61 Å². The number of carbonyl (C=O) groups excluding carboxylic acids is 1. The highest BCUT2D eigenvalue weighted by atomic mass is 16.5. The molecule has 0 aliphatic heterocycles. The molecule has 0 unspecified atom stereocenters. The molecule has 3 heteroatoms. The van der Waals surface area contributed by atoms with Crippen LogP contribution in [0.2, 0.25) is 0 Å². The van der Waals surface area contributed by atoms with Gasteiger partial charge in [-0.05, 0) is 32.6 Å². The average molecular weight is 228 g/mol. The van der Waals surface area contributed by atoms with Crippen LogP contribution in [0.1, 0.15) is 32.6 Å². The fraction of sp³-hybridized carbons (Fsp3) is 0.769. The number of ether oxygens (including phenoxy) is 1. The largest absolute Gasteiger partial charge is 0.463 e. The number of nitrogens with zero attached hydrogens (tertiary/aromatic N) is 1. The van der Waals surface area contributed by atoms with E-state index in [4.69, 9.17) is 4.74 Å². The van der Waals surface area contributed by atoms with Crippen LogP contribution in [0, 0.1) is 0 Å². The normalized spacial score (nSPS) is 11.2. The first-order valence-electron chi connectivity index (χ1n) is 6.13. The minimum absolute atomic E-state index is 0.316. The minimum atomic E-state index is -0.316. The molecule has 0 bridgehead atoms. The van der Waals surface area contributed by atoms with Crippen molar-refractivity contribution >= 4 is 5.97 Å². The molecular weight excluding hydrogens is 202 g/mol. The number of carbonyl (C=O) groups is 1. The van der Waals surface area contributed by atoms with Crippen molar-refractivity contribution in [1.29, 1.82) is 0 Å². The van der Waals surface area contributed by atoms with Gasteiger partial charge in [-0.3, -0.25) is 0 Å². The van der Waals surface area contributed by atoms with E-state index in [1.165, 1.54) is 32.0 Å². The Morgan fingerprint density at radius 2 is 1.88 bits per heavy atom. The van der Waals surface area contributed by atoms with Gasteiger partial charge in [-0.25, -0.2) is 4.79 Å². The van der Waals surface area contributed by atoms with Crippen molar-refractivity contribution in [1.82, 2.24) is 0 Å². The van der Waals surface area contributed by atoms with Crippen molar-refractivity contribution in [2.45, 2.75) is 32.6 Å². The Balaban J connectivity index is 3.28. The number of rotatable bonds is 9. The summed E-state index contributed by atoms with van der Waals surface area (Å²) >= 11 is 0. The molecule has 0 atom stereocenters. The van der Waals surface area contributed by atoms with E-state index in [1.54, 1.807) is 0 Å². The van der Waals surface area contributed by atoms with Gasteiger partial charge in [-0.1, -0.05) is 6.58 Å². The Kier molecular flexibility index (Phi) is 7.90. The molecule has 0 aromatic heterocycles. The first kappa shape index (κ1) is 15.2. The number of hydrogen-bond donors (Lipinski definition) is 0. The predicted octanol–water partition coefficient (Wildman–Crippen LogP) is 2.37. The van der Waals surface area contributed by atoms with Crippen LogP contribution >= 0.6 is 0 Å². The summed E-state index contributed by atoms with van der Waals surface area (Å²) in [5, 5.41) is 0. The molecular formula is C13H26NO2+. The summed E-state index contributed by atoms with van der Waals surface area (Å²) in [5.74, 6) is -0.316. The maximum Gasteiger partial charge on any atom is 0.330 e. The van der Waals surface area contributed by atoms with E-state index in [1.807, 2.05) is 0 Å². The summed E-state index contributed by atoms with van der Waals surface area (Å²) in [6.45, 7) is 8.49. The van der Waals surface area contributed by atoms with Crippen molar-refractivity contribution in [3.8, 4) is 0 Å². The SMILES string of the molecule is C=CC(=O)OCCCCCC[N+](C)(C)CC. The average Bonchev–Trinajstić information content (AvgIpc) is 2.27. The van der Waals surface area contributed by atoms with E-state index in [-0.39, 0.29) is 5.97 Å². The van der Waals surface area contributed by atoms with Crippen LogP contribution in [-0.4, -0.2) is 44.2 Å². The first-order chi connectivity index (χ1) is 7.52. The molecule has 0 saturated heterocycles. The van der Waals surface area contributed by atoms with Crippen LogP contribution < -0.4 is 0 Å². The van der Waals surface area contributed by atoms with Gasteiger partial charge in [-0.15, -0.1) is 0 Å². The maximum atomic E-state index is 10.7. The van der Waals surface area contributed by atoms with E-state index < -0.39 is 0 Å². The second kappa shape index (κ2) is 8.34. The Morgan fingerprint density at radius 1 is 1.25 bits per heavy atom. The van der Waals surface area contributed by atoms with Gasteiger partial charge in [0.2, 0.25) is 0 Å². The van der Waals surface area contributed by atoms with Gasteiger partial charge < -0.3 is 9.22 Å². The monoisotopic (exact) mass is 228 g/mol. The van der Waals surface area contributed by atoms with Gasteiger partial charge in [-0.2, -0.15) is 0 Å². The summed E-state index contributed by atoms with van der Waals surface area (Å²) < 4.78 is 5.99. The molecule has 0 saturated carbocycles. The van der Waals surface area contributed by atoms with Crippen molar-refractivity contribution < 1.29 is 14.0 Å². The lowest BCUT2D eigenvalue weighted by Gasteiger charge is -2.28. The van der Waals surface area contributed by atoms with Gasteiger partial charge in [0.1, 0.15) is 0 Å². The van der Waals surface area contributed by atoms with Crippen LogP contribution in [0.4, 0.5) is 0 Å². The lowest BCUT2D eigenvalue weighted by Crippen LogP contribution is -2.39. The van der Waals surface area contributed by atoms with Crippen molar-refractivity contribution in [2.75, 3.05) is 33.8 Å². The van der Waals surface area contributed by atoms with Gasteiger partial charge in [0.15, 0.2) is 0 Å². The molecule has 3 nitrogen and oxygen atoms in total. The minimum Gasteiger partial charge on any atom is -0.463 e. The maximum absolute atomic E-state index is 10.7. The number of hydrogen-bond acceptors (Lipinski definition) is 2. The van der Waals surface area contributed by atoms with Crippen LogP contribution in [0.3, 0.4) is 0 Å². The van der Waals surface area contributed by atoms with E-state index in [2.05, 4.69) is 27.6 Å². The fourth-order valence-electron chi connectivity index (χ4n) is 1.39.